The monoisotopic (exact) mass is 340 g/mol. The van der Waals surface area contributed by atoms with Crippen LogP contribution < -0.4 is 0 Å². The minimum absolute atomic E-state index is 0.0573. The molecule has 0 N–H and O–H groups in total. The Morgan fingerprint density at radius 2 is 2.14 bits per heavy atom. The number of carbonyl (C=O) groups is 1. The fourth-order valence-corrected chi connectivity index (χ4v) is 2.25. The van der Waals surface area contributed by atoms with Crippen LogP contribution in [0.25, 0.3) is 0 Å². The van der Waals surface area contributed by atoms with E-state index in [-0.39, 0.29) is 12.0 Å². The molecule has 0 aliphatic heterocycles. The van der Waals surface area contributed by atoms with E-state index >= 15 is 0 Å². The molecular formula is C15H17ClN2O3S. The van der Waals surface area contributed by atoms with Crippen LogP contribution in [0, 0.1) is 0 Å². The van der Waals surface area contributed by atoms with Crippen molar-refractivity contribution in [3.63, 3.8) is 0 Å². The number of rotatable bonds is 4. The van der Waals surface area contributed by atoms with Gasteiger partial charge in [0.15, 0.2) is 6.61 Å². The molecule has 0 bridgehead atoms. The van der Waals surface area contributed by atoms with E-state index in [1.807, 2.05) is 33.1 Å². The molecular weight excluding hydrogens is 324 g/mol. The third kappa shape index (κ3) is 4.01. The zero-order chi connectivity index (χ0) is 16.3. The highest BCUT2D eigenvalue weighted by Gasteiger charge is 2.22. The number of hydrogen-bond acceptors (Lipinski definition) is 6. The fraction of sp³-hybridized carbons (Fsp3) is 0.400. The van der Waals surface area contributed by atoms with E-state index in [4.69, 9.17) is 20.9 Å². The van der Waals surface area contributed by atoms with Crippen LogP contribution in [0.5, 0.6) is 0 Å². The van der Waals surface area contributed by atoms with Crippen LogP contribution in [0.15, 0.2) is 27.6 Å². The summed E-state index contributed by atoms with van der Waals surface area (Å²) < 4.78 is 10.3. The van der Waals surface area contributed by atoms with Crippen molar-refractivity contribution in [3.05, 3.63) is 40.5 Å². The first-order valence-corrected chi connectivity index (χ1v) is 8.25. The normalized spacial score (nSPS) is 11.5. The van der Waals surface area contributed by atoms with Crippen LogP contribution in [0.2, 0.25) is 5.02 Å². The predicted octanol–water partition coefficient (Wildman–Crippen LogP) is 4.10. The minimum atomic E-state index is -0.511. The van der Waals surface area contributed by atoms with Gasteiger partial charge in [-0.15, -0.1) is 11.8 Å². The molecule has 22 heavy (non-hydrogen) atoms. The Labute approximate surface area is 138 Å². The molecule has 0 radical (unpaired) electrons. The van der Waals surface area contributed by atoms with Crippen molar-refractivity contribution in [3.8, 4) is 0 Å². The Hall–Kier alpha value is -1.53. The number of nitrogens with zero attached hydrogens (tertiary/aromatic N) is 2. The van der Waals surface area contributed by atoms with Crippen molar-refractivity contribution in [2.45, 2.75) is 37.7 Å². The van der Waals surface area contributed by atoms with Crippen molar-refractivity contribution >= 4 is 29.3 Å². The summed E-state index contributed by atoms with van der Waals surface area (Å²) in [5.74, 6) is 0.319. The van der Waals surface area contributed by atoms with Crippen LogP contribution in [-0.2, 0) is 16.8 Å². The molecule has 5 nitrogen and oxygen atoms in total. The van der Waals surface area contributed by atoms with Crippen molar-refractivity contribution in [1.82, 2.24) is 10.1 Å². The Morgan fingerprint density at radius 1 is 1.41 bits per heavy atom. The summed E-state index contributed by atoms with van der Waals surface area (Å²) in [4.78, 5) is 17.3. The van der Waals surface area contributed by atoms with Crippen LogP contribution in [0.3, 0.4) is 0 Å². The third-order valence-electron chi connectivity index (χ3n) is 2.84. The van der Waals surface area contributed by atoms with Gasteiger partial charge in [0.1, 0.15) is 0 Å². The molecule has 0 saturated heterocycles. The van der Waals surface area contributed by atoms with Crippen molar-refractivity contribution < 1.29 is 14.1 Å². The summed E-state index contributed by atoms with van der Waals surface area (Å²) in [6.07, 6.45) is 1.92. The number of halogens is 1. The highest BCUT2D eigenvalue weighted by molar-refractivity contribution is 7.98. The molecule has 0 aliphatic carbocycles. The van der Waals surface area contributed by atoms with Crippen LogP contribution in [0.4, 0.5) is 0 Å². The smallest absolute Gasteiger partial charge is 0.340 e. The van der Waals surface area contributed by atoms with E-state index in [9.17, 15) is 4.79 Å². The van der Waals surface area contributed by atoms with E-state index in [1.54, 1.807) is 12.1 Å². The molecule has 118 valence electrons. The minimum Gasteiger partial charge on any atom is -0.454 e. The van der Waals surface area contributed by atoms with Gasteiger partial charge < -0.3 is 9.26 Å². The molecule has 0 aliphatic rings. The molecule has 0 saturated carbocycles. The first-order chi connectivity index (χ1) is 10.3. The van der Waals surface area contributed by atoms with Gasteiger partial charge >= 0.3 is 5.97 Å². The van der Waals surface area contributed by atoms with Gasteiger partial charge in [0, 0.05) is 10.3 Å². The molecule has 0 amide bonds. The topological polar surface area (TPSA) is 65.2 Å². The Morgan fingerprint density at radius 3 is 2.73 bits per heavy atom. The van der Waals surface area contributed by atoms with E-state index in [0.717, 1.165) is 4.90 Å². The zero-order valence-electron chi connectivity index (χ0n) is 12.8. The molecule has 0 unspecified atom stereocenters. The highest BCUT2D eigenvalue weighted by Crippen LogP contribution is 2.24. The molecule has 1 aromatic carbocycles. The Bertz CT molecular complexity index is 680. The predicted molar refractivity (Wildman–Crippen MR) is 85.4 cm³/mol. The number of hydrogen-bond donors (Lipinski definition) is 0. The number of thioether (sulfide) groups is 1. The average Bonchev–Trinajstić information content (AvgIpc) is 2.94. The summed E-state index contributed by atoms with van der Waals surface area (Å²) in [6.45, 7) is 5.83. The standard InChI is InChI=1S/C15H17ClN2O3S/c1-15(2,3)14-17-12(18-21-14)8-20-13(19)10-7-9(22-4)5-6-11(10)16/h5-7H,8H2,1-4H3. The lowest BCUT2D eigenvalue weighted by molar-refractivity contribution is 0.0459. The van der Waals surface area contributed by atoms with Crippen LogP contribution in [-0.4, -0.2) is 22.4 Å². The van der Waals surface area contributed by atoms with Gasteiger partial charge in [-0.2, -0.15) is 4.98 Å². The lowest BCUT2D eigenvalue weighted by Crippen LogP contribution is -2.12. The summed E-state index contributed by atoms with van der Waals surface area (Å²) in [5, 5.41) is 4.16. The van der Waals surface area contributed by atoms with Gasteiger partial charge in [-0.3, -0.25) is 0 Å². The maximum atomic E-state index is 12.1. The molecule has 1 heterocycles. The SMILES string of the molecule is CSc1ccc(Cl)c(C(=O)OCc2noc(C(C)(C)C)n2)c1. The van der Waals surface area contributed by atoms with Crippen LogP contribution in [0.1, 0.15) is 42.8 Å². The molecule has 2 rings (SSSR count). The van der Waals surface area contributed by atoms with Crippen molar-refractivity contribution in [2.75, 3.05) is 6.26 Å². The molecule has 7 heteroatoms. The second-order valence-corrected chi connectivity index (χ2v) is 6.97. The maximum Gasteiger partial charge on any atom is 0.340 e. The van der Waals surface area contributed by atoms with Gasteiger partial charge in [-0.1, -0.05) is 37.5 Å². The quantitative estimate of drug-likeness (QED) is 0.616. The van der Waals surface area contributed by atoms with Gasteiger partial charge in [-0.25, -0.2) is 4.79 Å². The van der Waals surface area contributed by atoms with Crippen molar-refractivity contribution in [1.29, 1.82) is 0 Å². The molecule has 2 aromatic rings. The summed E-state index contributed by atoms with van der Waals surface area (Å²) in [7, 11) is 0. The van der Waals surface area contributed by atoms with Crippen LogP contribution >= 0.6 is 23.4 Å². The fourth-order valence-electron chi connectivity index (χ4n) is 1.61. The summed E-state index contributed by atoms with van der Waals surface area (Å²) >= 11 is 7.56. The highest BCUT2D eigenvalue weighted by atomic mass is 35.5. The number of carbonyl (C=O) groups excluding carboxylic acids is 1. The first-order valence-electron chi connectivity index (χ1n) is 6.65. The molecule has 0 fully saturated rings. The molecule has 1 aromatic heterocycles. The number of esters is 1. The lowest BCUT2D eigenvalue weighted by atomic mass is 9.97. The molecule has 0 atom stereocenters. The zero-order valence-corrected chi connectivity index (χ0v) is 14.4. The summed E-state index contributed by atoms with van der Waals surface area (Å²) in [6, 6.07) is 5.22. The van der Waals surface area contributed by atoms with E-state index in [0.29, 0.717) is 22.3 Å². The maximum absolute atomic E-state index is 12.1. The third-order valence-corrected chi connectivity index (χ3v) is 3.89. The summed E-state index contributed by atoms with van der Waals surface area (Å²) in [5.41, 5.74) is 0.0821. The largest absolute Gasteiger partial charge is 0.454 e. The van der Waals surface area contributed by atoms with E-state index < -0.39 is 5.97 Å². The van der Waals surface area contributed by atoms with Gasteiger partial charge in [-0.05, 0) is 24.5 Å². The number of aromatic nitrogens is 2. The van der Waals surface area contributed by atoms with Gasteiger partial charge in [0.2, 0.25) is 11.7 Å². The van der Waals surface area contributed by atoms with Gasteiger partial charge in [0.25, 0.3) is 0 Å². The first kappa shape index (κ1) is 16.8. The van der Waals surface area contributed by atoms with Crippen molar-refractivity contribution in [2.24, 2.45) is 0 Å². The second kappa shape index (κ2) is 6.71. The lowest BCUT2D eigenvalue weighted by Gasteiger charge is -2.10. The Kier molecular flexibility index (Phi) is 5.13. The van der Waals surface area contributed by atoms with E-state index in [1.165, 1.54) is 11.8 Å². The number of benzene rings is 1. The average molecular weight is 341 g/mol. The molecule has 0 spiro atoms. The second-order valence-electron chi connectivity index (χ2n) is 5.69. The van der Waals surface area contributed by atoms with E-state index in [2.05, 4.69) is 10.1 Å². The Balaban J connectivity index is 2.05. The van der Waals surface area contributed by atoms with Gasteiger partial charge in [0.05, 0.1) is 10.6 Å². The number of ether oxygens (including phenoxy) is 1.